The molecule has 4 rings (SSSR count). The summed E-state index contributed by atoms with van der Waals surface area (Å²) in [5, 5.41) is 0. The first-order valence-electron chi connectivity index (χ1n) is 8.63. The van der Waals surface area contributed by atoms with Gasteiger partial charge in [-0.1, -0.05) is 6.07 Å². The van der Waals surface area contributed by atoms with Crippen molar-refractivity contribution in [1.82, 2.24) is 9.55 Å². The molecular weight excluding hydrogens is 332 g/mol. The predicted molar refractivity (Wildman–Crippen MR) is 98.0 cm³/mol. The zero-order valence-electron chi connectivity index (χ0n) is 15.2. The summed E-state index contributed by atoms with van der Waals surface area (Å²) in [6.45, 7) is 6.32. The molecule has 0 saturated heterocycles. The second-order valence-electron chi connectivity index (χ2n) is 6.34. The van der Waals surface area contributed by atoms with Gasteiger partial charge in [0, 0.05) is 31.6 Å². The zero-order valence-corrected chi connectivity index (χ0v) is 15.2. The molecule has 2 aromatic heterocycles. The lowest BCUT2D eigenvalue weighted by molar-refractivity contribution is 0.174. The molecule has 1 aliphatic rings. The molecule has 0 fully saturated rings. The van der Waals surface area contributed by atoms with Gasteiger partial charge in [0.25, 0.3) is 0 Å². The van der Waals surface area contributed by atoms with E-state index in [1.807, 2.05) is 24.3 Å². The average Bonchev–Trinajstić information content (AvgIpc) is 3.22. The quantitative estimate of drug-likeness (QED) is 0.677. The lowest BCUT2D eigenvalue weighted by Crippen LogP contribution is -2.07. The Morgan fingerprint density at radius 1 is 1.15 bits per heavy atom. The number of aromatic nitrogens is 2. The summed E-state index contributed by atoms with van der Waals surface area (Å²) in [5.41, 5.74) is 5.37. The first kappa shape index (κ1) is 16.7. The Labute approximate surface area is 152 Å². The molecule has 136 valence electrons. The van der Waals surface area contributed by atoms with Crippen LogP contribution in [0.2, 0.25) is 0 Å². The molecule has 0 radical (unpaired) electrons. The van der Waals surface area contributed by atoms with Crippen LogP contribution in [-0.4, -0.2) is 30.1 Å². The van der Waals surface area contributed by atoms with Crippen LogP contribution in [0.1, 0.15) is 16.8 Å². The maximum atomic E-state index is 6.16. The van der Waals surface area contributed by atoms with Crippen molar-refractivity contribution in [3.63, 3.8) is 0 Å². The second-order valence-corrected chi connectivity index (χ2v) is 6.34. The fourth-order valence-electron chi connectivity index (χ4n) is 3.28. The topological polar surface area (TPSA) is 54.7 Å². The minimum absolute atomic E-state index is 0.274. The van der Waals surface area contributed by atoms with Crippen LogP contribution >= 0.6 is 0 Å². The third-order valence-electron chi connectivity index (χ3n) is 4.81. The standard InChI is InChI=1S/C20H22N2O4/c1-13-14(2)22(8-9-23-3)20-17(6-7-21-19(13)20)24-11-15-4-5-16-18(10-15)26-12-25-16/h4-7,10H,8-9,11-12H2,1-3H3. The van der Waals surface area contributed by atoms with E-state index >= 15 is 0 Å². The average molecular weight is 354 g/mol. The highest BCUT2D eigenvalue weighted by Gasteiger charge is 2.17. The van der Waals surface area contributed by atoms with Crippen molar-refractivity contribution in [2.75, 3.05) is 20.5 Å². The molecule has 0 saturated carbocycles. The van der Waals surface area contributed by atoms with Crippen LogP contribution in [-0.2, 0) is 17.9 Å². The van der Waals surface area contributed by atoms with Crippen molar-refractivity contribution in [2.24, 2.45) is 0 Å². The summed E-state index contributed by atoms with van der Waals surface area (Å²) < 4.78 is 24.4. The first-order valence-corrected chi connectivity index (χ1v) is 8.63. The third kappa shape index (κ3) is 2.86. The first-order chi connectivity index (χ1) is 12.7. The molecule has 0 amide bonds. The monoisotopic (exact) mass is 354 g/mol. The number of methoxy groups -OCH3 is 1. The van der Waals surface area contributed by atoms with Gasteiger partial charge in [-0.3, -0.25) is 4.98 Å². The number of aryl methyl sites for hydroxylation is 1. The molecule has 0 atom stereocenters. The lowest BCUT2D eigenvalue weighted by Gasteiger charge is -2.12. The maximum absolute atomic E-state index is 6.16. The summed E-state index contributed by atoms with van der Waals surface area (Å²) in [6.07, 6.45) is 1.80. The van der Waals surface area contributed by atoms with E-state index in [9.17, 15) is 0 Å². The van der Waals surface area contributed by atoms with Crippen molar-refractivity contribution >= 4 is 11.0 Å². The number of pyridine rings is 1. The number of benzene rings is 1. The number of hydrogen-bond donors (Lipinski definition) is 0. The number of rotatable bonds is 6. The molecule has 1 aliphatic heterocycles. The van der Waals surface area contributed by atoms with Gasteiger partial charge in [0.05, 0.1) is 12.1 Å². The maximum Gasteiger partial charge on any atom is 0.231 e. The Morgan fingerprint density at radius 3 is 2.85 bits per heavy atom. The zero-order chi connectivity index (χ0) is 18.1. The molecule has 3 heterocycles. The Hall–Kier alpha value is -2.73. The van der Waals surface area contributed by atoms with E-state index in [0.717, 1.165) is 40.4 Å². The van der Waals surface area contributed by atoms with Gasteiger partial charge in [0.15, 0.2) is 11.5 Å². The molecule has 1 aromatic carbocycles. The van der Waals surface area contributed by atoms with Crippen LogP contribution in [0.4, 0.5) is 0 Å². The Balaban J connectivity index is 1.64. The van der Waals surface area contributed by atoms with Crippen molar-refractivity contribution in [3.8, 4) is 17.2 Å². The van der Waals surface area contributed by atoms with Crippen LogP contribution in [0.25, 0.3) is 11.0 Å². The normalized spacial score (nSPS) is 12.7. The summed E-state index contributed by atoms with van der Waals surface area (Å²) in [5.74, 6) is 2.36. The fourth-order valence-corrected chi connectivity index (χ4v) is 3.28. The number of hydrogen-bond acceptors (Lipinski definition) is 5. The molecule has 6 heteroatoms. The number of nitrogens with zero attached hydrogens (tertiary/aromatic N) is 2. The van der Waals surface area contributed by atoms with E-state index in [4.69, 9.17) is 18.9 Å². The van der Waals surface area contributed by atoms with Crippen LogP contribution in [0.3, 0.4) is 0 Å². The van der Waals surface area contributed by atoms with E-state index in [0.29, 0.717) is 13.2 Å². The van der Waals surface area contributed by atoms with E-state index in [-0.39, 0.29) is 6.79 Å². The molecule has 0 aliphatic carbocycles. The molecular formula is C20H22N2O4. The van der Waals surface area contributed by atoms with Gasteiger partial charge < -0.3 is 23.5 Å². The fraction of sp³-hybridized carbons (Fsp3) is 0.350. The number of ether oxygens (including phenoxy) is 4. The van der Waals surface area contributed by atoms with E-state index in [1.54, 1.807) is 13.3 Å². The minimum Gasteiger partial charge on any atom is -0.487 e. The third-order valence-corrected chi connectivity index (χ3v) is 4.81. The van der Waals surface area contributed by atoms with Gasteiger partial charge in [-0.25, -0.2) is 0 Å². The van der Waals surface area contributed by atoms with Crippen molar-refractivity contribution in [1.29, 1.82) is 0 Å². The van der Waals surface area contributed by atoms with Gasteiger partial charge >= 0.3 is 0 Å². The van der Waals surface area contributed by atoms with Crippen LogP contribution in [0.15, 0.2) is 30.5 Å². The molecule has 0 N–H and O–H groups in total. The van der Waals surface area contributed by atoms with E-state index in [1.165, 1.54) is 11.3 Å². The molecule has 0 unspecified atom stereocenters. The Kier molecular flexibility index (Phi) is 4.42. The van der Waals surface area contributed by atoms with Gasteiger partial charge in [0.2, 0.25) is 6.79 Å². The Bertz CT molecular complexity index is 949. The summed E-state index contributed by atoms with van der Waals surface area (Å²) in [6, 6.07) is 7.78. The number of fused-ring (bicyclic) bond motifs is 2. The summed E-state index contributed by atoms with van der Waals surface area (Å²) in [7, 11) is 1.71. The lowest BCUT2D eigenvalue weighted by atomic mass is 10.2. The van der Waals surface area contributed by atoms with Crippen molar-refractivity contribution < 1.29 is 18.9 Å². The van der Waals surface area contributed by atoms with Crippen LogP contribution < -0.4 is 14.2 Å². The molecule has 3 aromatic rings. The Morgan fingerprint density at radius 2 is 2.00 bits per heavy atom. The highest BCUT2D eigenvalue weighted by Crippen LogP contribution is 2.34. The van der Waals surface area contributed by atoms with Gasteiger partial charge in [-0.2, -0.15) is 0 Å². The SMILES string of the molecule is COCCn1c(C)c(C)c2nccc(OCc3ccc4c(c3)OCO4)c21. The molecule has 0 bridgehead atoms. The van der Waals surface area contributed by atoms with Crippen molar-refractivity contribution in [2.45, 2.75) is 27.0 Å². The smallest absolute Gasteiger partial charge is 0.231 e. The molecule has 26 heavy (non-hydrogen) atoms. The molecule has 6 nitrogen and oxygen atoms in total. The van der Waals surface area contributed by atoms with E-state index < -0.39 is 0 Å². The highest BCUT2D eigenvalue weighted by atomic mass is 16.7. The summed E-state index contributed by atoms with van der Waals surface area (Å²) >= 11 is 0. The highest BCUT2D eigenvalue weighted by molar-refractivity contribution is 5.86. The largest absolute Gasteiger partial charge is 0.487 e. The second kappa shape index (κ2) is 6.88. The van der Waals surface area contributed by atoms with E-state index in [2.05, 4.69) is 23.4 Å². The minimum atomic E-state index is 0.274. The predicted octanol–water partition coefficient (Wildman–Crippen LogP) is 3.61. The van der Waals surface area contributed by atoms with Gasteiger partial charge in [-0.15, -0.1) is 0 Å². The van der Waals surface area contributed by atoms with Crippen molar-refractivity contribution in [3.05, 3.63) is 47.3 Å². The molecule has 0 spiro atoms. The van der Waals surface area contributed by atoms with Crippen LogP contribution in [0, 0.1) is 13.8 Å². The van der Waals surface area contributed by atoms with Crippen LogP contribution in [0.5, 0.6) is 17.2 Å². The van der Waals surface area contributed by atoms with Gasteiger partial charge in [-0.05, 0) is 37.1 Å². The van der Waals surface area contributed by atoms with Gasteiger partial charge in [0.1, 0.15) is 17.9 Å². The summed E-state index contributed by atoms with van der Waals surface area (Å²) in [4.78, 5) is 4.56.